The van der Waals surface area contributed by atoms with Gasteiger partial charge in [0.25, 0.3) is 0 Å². The number of nitrogens with one attached hydrogen (secondary N) is 2. The van der Waals surface area contributed by atoms with E-state index in [1.807, 2.05) is 0 Å². The number of guanidine groups is 1. The van der Waals surface area contributed by atoms with Gasteiger partial charge >= 0.3 is 0 Å². The SMILES string of the molecule is CN1CCN=C1NCC1CCCN1. The maximum absolute atomic E-state index is 4.38. The minimum atomic E-state index is 0.650. The second-order valence-corrected chi connectivity index (χ2v) is 3.80. The second-order valence-electron chi connectivity index (χ2n) is 3.80. The van der Waals surface area contributed by atoms with Gasteiger partial charge in [-0.1, -0.05) is 0 Å². The fourth-order valence-electron chi connectivity index (χ4n) is 1.87. The summed E-state index contributed by atoms with van der Waals surface area (Å²) < 4.78 is 0. The zero-order chi connectivity index (χ0) is 9.10. The lowest BCUT2D eigenvalue weighted by Crippen LogP contribution is -2.42. The highest BCUT2D eigenvalue weighted by atomic mass is 15.3. The Hall–Kier alpha value is -0.770. The molecule has 0 aromatic rings. The molecule has 13 heavy (non-hydrogen) atoms. The molecule has 4 nitrogen and oxygen atoms in total. The maximum Gasteiger partial charge on any atom is 0.193 e. The van der Waals surface area contributed by atoms with Crippen LogP contribution in [0.5, 0.6) is 0 Å². The molecule has 2 heterocycles. The predicted octanol–water partition coefficient (Wildman–Crippen LogP) is -0.371. The lowest BCUT2D eigenvalue weighted by Gasteiger charge is -2.17. The number of hydrogen-bond donors (Lipinski definition) is 2. The van der Waals surface area contributed by atoms with Crippen LogP contribution in [0.2, 0.25) is 0 Å². The maximum atomic E-state index is 4.38. The van der Waals surface area contributed by atoms with E-state index in [-0.39, 0.29) is 0 Å². The van der Waals surface area contributed by atoms with Crippen molar-refractivity contribution in [2.75, 3.05) is 33.2 Å². The molecule has 1 unspecified atom stereocenters. The number of rotatable bonds is 2. The van der Waals surface area contributed by atoms with E-state index in [0.29, 0.717) is 6.04 Å². The number of nitrogens with zero attached hydrogens (tertiary/aromatic N) is 2. The molecule has 0 spiro atoms. The van der Waals surface area contributed by atoms with Crippen molar-refractivity contribution in [1.82, 2.24) is 15.5 Å². The Morgan fingerprint density at radius 2 is 2.62 bits per heavy atom. The van der Waals surface area contributed by atoms with Crippen molar-refractivity contribution in [3.05, 3.63) is 0 Å². The number of likely N-dealkylation sites (N-methyl/N-ethyl adjacent to an activating group) is 1. The molecule has 2 aliphatic heterocycles. The molecule has 0 saturated carbocycles. The van der Waals surface area contributed by atoms with E-state index in [2.05, 4.69) is 27.6 Å². The highest BCUT2D eigenvalue weighted by molar-refractivity contribution is 5.81. The molecule has 1 fully saturated rings. The van der Waals surface area contributed by atoms with Gasteiger partial charge in [0.1, 0.15) is 0 Å². The van der Waals surface area contributed by atoms with Crippen LogP contribution in [-0.4, -0.2) is 50.1 Å². The second kappa shape index (κ2) is 3.96. The summed E-state index contributed by atoms with van der Waals surface area (Å²) in [5.74, 6) is 1.06. The molecule has 0 aromatic heterocycles. The summed E-state index contributed by atoms with van der Waals surface area (Å²) in [5.41, 5.74) is 0. The zero-order valence-electron chi connectivity index (χ0n) is 8.21. The topological polar surface area (TPSA) is 39.7 Å². The first-order valence-corrected chi connectivity index (χ1v) is 5.09. The smallest absolute Gasteiger partial charge is 0.193 e. The minimum absolute atomic E-state index is 0.650. The largest absolute Gasteiger partial charge is 0.355 e. The lowest BCUT2D eigenvalue weighted by molar-refractivity contribution is 0.516. The fourth-order valence-corrected chi connectivity index (χ4v) is 1.87. The molecular formula is C9H18N4. The van der Waals surface area contributed by atoms with E-state index in [4.69, 9.17) is 0 Å². The van der Waals surface area contributed by atoms with E-state index in [1.165, 1.54) is 19.4 Å². The van der Waals surface area contributed by atoms with Gasteiger partial charge in [0.15, 0.2) is 5.96 Å². The van der Waals surface area contributed by atoms with Crippen molar-refractivity contribution in [2.24, 2.45) is 4.99 Å². The Morgan fingerprint density at radius 1 is 1.69 bits per heavy atom. The van der Waals surface area contributed by atoms with Crippen LogP contribution in [0.25, 0.3) is 0 Å². The summed E-state index contributed by atoms with van der Waals surface area (Å²) in [6.45, 7) is 4.19. The van der Waals surface area contributed by atoms with Gasteiger partial charge in [0.05, 0.1) is 6.54 Å². The molecular weight excluding hydrogens is 164 g/mol. The molecule has 74 valence electrons. The normalized spacial score (nSPS) is 27.9. The van der Waals surface area contributed by atoms with Gasteiger partial charge in [-0.05, 0) is 19.4 Å². The zero-order valence-corrected chi connectivity index (χ0v) is 8.21. The average molecular weight is 182 g/mol. The fraction of sp³-hybridized carbons (Fsp3) is 0.889. The van der Waals surface area contributed by atoms with E-state index in [0.717, 1.165) is 25.6 Å². The Balaban J connectivity index is 1.72. The Kier molecular flexibility index (Phi) is 2.68. The molecule has 2 rings (SSSR count). The van der Waals surface area contributed by atoms with Crippen molar-refractivity contribution in [3.8, 4) is 0 Å². The van der Waals surface area contributed by atoms with Crippen LogP contribution in [0.1, 0.15) is 12.8 Å². The van der Waals surface area contributed by atoms with Crippen molar-refractivity contribution >= 4 is 5.96 Å². The average Bonchev–Trinajstić information content (AvgIpc) is 2.72. The highest BCUT2D eigenvalue weighted by Crippen LogP contribution is 2.03. The van der Waals surface area contributed by atoms with Gasteiger partial charge in [0, 0.05) is 26.2 Å². The van der Waals surface area contributed by atoms with Crippen molar-refractivity contribution in [1.29, 1.82) is 0 Å². The lowest BCUT2D eigenvalue weighted by atomic mass is 10.2. The van der Waals surface area contributed by atoms with Crippen LogP contribution in [-0.2, 0) is 0 Å². The minimum Gasteiger partial charge on any atom is -0.355 e. The summed E-state index contributed by atoms with van der Waals surface area (Å²) in [6, 6.07) is 0.650. The summed E-state index contributed by atoms with van der Waals surface area (Å²) in [4.78, 5) is 6.56. The van der Waals surface area contributed by atoms with E-state index >= 15 is 0 Å². The van der Waals surface area contributed by atoms with Crippen molar-refractivity contribution < 1.29 is 0 Å². The summed E-state index contributed by atoms with van der Waals surface area (Å²) in [5, 5.41) is 6.85. The first-order valence-electron chi connectivity index (χ1n) is 5.09. The van der Waals surface area contributed by atoms with Gasteiger partial charge in [-0.3, -0.25) is 4.99 Å². The molecule has 2 aliphatic rings. The van der Waals surface area contributed by atoms with Gasteiger partial charge in [-0.2, -0.15) is 0 Å². The number of aliphatic imine (C=N–C) groups is 1. The van der Waals surface area contributed by atoms with Crippen LogP contribution in [0.4, 0.5) is 0 Å². The van der Waals surface area contributed by atoms with E-state index in [9.17, 15) is 0 Å². The van der Waals surface area contributed by atoms with Crippen LogP contribution in [0.15, 0.2) is 4.99 Å². The van der Waals surface area contributed by atoms with Gasteiger partial charge in [0.2, 0.25) is 0 Å². The Morgan fingerprint density at radius 3 is 3.23 bits per heavy atom. The third kappa shape index (κ3) is 2.12. The van der Waals surface area contributed by atoms with E-state index in [1.54, 1.807) is 0 Å². The molecule has 0 aromatic carbocycles. The summed E-state index contributed by atoms with van der Waals surface area (Å²) in [7, 11) is 2.08. The molecule has 1 saturated heterocycles. The standard InChI is InChI=1S/C9H18N4/c1-13-6-5-11-9(13)12-7-8-3-2-4-10-8/h8,10H,2-7H2,1H3,(H,11,12). The molecule has 0 aliphatic carbocycles. The first-order chi connectivity index (χ1) is 6.36. The molecule has 0 radical (unpaired) electrons. The predicted molar refractivity (Wildman–Crippen MR) is 54.0 cm³/mol. The molecule has 0 bridgehead atoms. The molecule has 1 atom stereocenters. The summed E-state index contributed by atoms with van der Waals surface area (Å²) in [6.07, 6.45) is 2.61. The van der Waals surface area contributed by atoms with E-state index < -0.39 is 0 Å². The van der Waals surface area contributed by atoms with Crippen molar-refractivity contribution in [3.63, 3.8) is 0 Å². The van der Waals surface area contributed by atoms with Gasteiger partial charge in [-0.15, -0.1) is 0 Å². The molecule has 0 amide bonds. The Labute approximate surface area is 79.4 Å². The van der Waals surface area contributed by atoms with Crippen LogP contribution in [0.3, 0.4) is 0 Å². The number of hydrogen-bond acceptors (Lipinski definition) is 4. The van der Waals surface area contributed by atoms with Crippen molar-refractivity contribution in [2.45, 2.75) is 18.9 Å². The first kappa shape index (κ1) is 8.81. The third-order valence-electron chi connectivity index (χ3n) is 2.73. The quantitative estimate of drug-likeness (QED) is 0.612. The van der Waals surface area contributed by atoms with Crippen LogP contribution >= 0.6 is 0 Å². The Bertz CT molecular complexity index is 196. The monoisotopic (exact) mass is 182 g/mol. The highest BCUT2D eigenvalue weighted by Gasteiger charge is 2.16. The van der Waals surface area contributed by atoms with Gasteiger partial charge < -0.3 is 15.5 Å². The van der Waals surface area contributed by atoms with Crippen LogP contribution < -0.4 is 10.6 Å². The molecule has 2 N–H and O–H groups in total. The summed E-state index contributed by atoms with van der Waals surface area (Å²) >= 11 is 0. The van der Waals surface area contributed by atoms with Crippen LogP contribution in [0, 0.1) is 0 Å². The molecule has 4 heteroatoms. The van der Waals surface area contributed by atoms with Gasteiger partial charge in [-0.25, -0.2) is 0 Å². The third-order valence-corrected chi connectivity index (χ3v) is 2.73.